The Kier molecular flexibility index (Phi) is 7.61. The van der Waals surface area contributed by atoms with Gasteiger partial charge in [-0.2, -0.15) is 0 Å². The van der Waals surface area contributed by atoms with Crippen LogP contribution >= 0.6 is 0 Å². The van der Waals surface area contributed by atoms with Gasteiger partial charge in [0.15, 0.2) is 0 Å². The van der Waals surface area contributed by atoms with Gasteiger partial charge in [-0.25, -0.2) is 12.8 Å². The highest BCUT2D eigenvalue weighted by Gasteiger charge is 2.50. The highest BCUT2D eigenvalue weighted by atomic mass is 32.2. The average Bonchev–Trinajstić information content (AvgIpc) is 3.08. The number of rotatable bonds is 9. The van der Waals surface area contributed by atoms with Crippen molar-refractivity contribution in [2.45, 2.75) is 64.7 Å². The smallest absolute Gasteiger partial charge is 0.265 e. The lowest BCUT2D eigenvalue weighted by Gasteiger charge is -2.42. The topological polar surface area (TPSA) is 106 Å². The zero-order valence-corrected chi connectivity index (χ0v) is 25.0. The van der Waals surface area contributed by atoms with Gasteiger partial charge in [0, 0.05) is 11.6 Å². The molecule has 2 heterocycles. The Morgan fingerprint density at radius 1 is 0.949 bits per heavy atom. The van der Waals surface area contributed by atoms with Crippen molar-refractivity contribution >= 4 is 46.7 Å². The Morgan fingerprint density at radius 3 is 2.05 bits per heavy atom. The van der Waals surface area contributed by atoms with Crippen molar-refractivity contribution in [3.8, 4) is 5.75 Å². The molecule has 39 heavy (non-hydrogen) atoms. The second-order valence-electron chi connectivity index (χ2n) is 11.0. The molecule has 4 rings (SSSR count). The molecular weight excluding hydrogens is 537 g/mol. The number of nitrogens with one attached hydrogen (secondary N) is 1. The average molecular weight is 572 g/mol. The van der Waals surface area contributed by atoms with Crippen LogP contribution in [0, 0.1) is 5.82 Å². The van der Waals surface area contributed by atoms with Crippen molar-refractivity contribution in [2.24, 2.45) is 0 Å². The molecule has 2 amide bonds. The normalized spacial score (nSPS) is 14.2. The number of hydrogen-bond acceptors (Lipinski definition) is 6. The summed E-state index contributed by atoms with van der Waals surface area (Å²) in [7, 11) is -6.48. The van der Waals surface area contributed by atoms with Gasteiger partial charge in [-0.05, 0) is 46.5 Å². The fraction of sp³-hybridized carbons (Fsp3) is 0.393. The molecule has 11 heteroatoms. The van der Waals surface area contributed by atoms with Gasteiger partial charge in [0.2, 0.25) is 10.0 Å². The summed E-state index contributed by atoms with van der Waals surface area (Å²) >= 11 is 0. The maximum absolute atomic E-state index is 14.0. The van der Waals surface area contributed by atoms with Crippen molar-refractivity contribution in [1.82, 2.24) is 9.88 Å². The zero-order valence-electron chi connectivity index (χ0n) is 23.2. The highest BCUT2D eigenvalue weighted by molar-refractivity contribution is 7.92. The largest absolute Gasteiger partial charge is 0.541 e. The number of hydrogen-bond donors (Lipinski definition) is 1. The Bertz CT molecular complexity index is 1530. The molecule has 1 aromatic heterocycles. The predicted molar refractivity (Wildman–Crippen MR) is 152 cm³/mol. The molecule has 1 N–H and O–H groups in total. The number of nitrogens with zero attached hydrogens (tertiary/aromatic N) is 2. The minimum absolute atomic E-state index is 0.00159. The summed E-state index contributed by atoms with van der Waals surface area (Å²) in [6, 6.07) is 8.81. The first-order chi connectivity index (χ1) is 18.2. The SMILES string of the molecule is CC(C)[Si](Oc1c2c(c(NS(C)(=O)=O)c3cccnc13)C(=O)N(Cc1ccc(F)cc1)C2=O)(C(C)C)C(C)C. The molecule has 0 unspecified atom stereocenters. The summed E-state index contributed by atoms with van der Waals surface area (Å²) in [6.07, 6.45) is 2.53. The Balaban J connectivity index is 2.04. The van der Waals surface area contributed by atoms with E-state index in [1.807, 2.05) is 0 Å². The number of halogens is 1. The van der Waals surface area contributed by atoms with E-state index in [0.29, 0.717) is 16.5 Å². The standard InChI is InChI=1S/C28H34FN3O5SSi/c1-16(2)39(17(3)4,18(5)6)37-26-23-22(24(31-38(7,35)36)21-9-8-14-30-25(21)26)27(33)32(28(23)34)15-19-10-12-20(29)13-11-19/h8-14,16-18,31H,15H2,1-7H3. The fourth-order valence-corrected chi connectivity index (χ4v) is 11.7. The number of aromatic nitrogens is 1. The van der Waals surface area contributed by atoms with Gasteiger partial charge in [-0.15, -0.1) is 0 Å². The third-order valence-electron chi connectivity index (χ3n) is 7.46. The summed E-state index contributed by atoms with van der Waals surface area (Å²) in [5, 5.41) is 0.362. The lowest BCUT2D eigenvalue weighted by atomic mass is 10.0. The molecule has 208 valence electrons. The molecule has 8 nitrogen and oxygen atoms in total. The molecule has 1 aliphatic rings. The number of sulfonamides is 1. The highest BCUT2D eigenvalue weighted by Crippen LogP contribution is 2.49. The summed E-state index contributed by atoms with van der Waals surface area (Å²) in [6.45, 7) is 12.5. The van der Waals surface area contributed by atoms with Gasteiger partial charge in [0.25, 0.3) is 20.1 Å². The molecule has 1 aliphatic heterocycles. The van der Waals surface area contributed by atoms with Crippen LogP contribution in [0.5, 0.6) is 5.75 Å². The van der Waals surface area contributed by atoms with E-state index in [0.717, 1.165) is 11.2 Å². The van der Waals surface area contributed by atoms with Crippen LogP contribution in [-0.2, 0) is 16.6 Å². The molecule has 2 aromatic carbocycles. The predicted octanol–water partition coefficient (Wildman–Crippen LogP) is 6.10. The first-order valence-electron chi connectivity index (χ1n) is 12.9. The molecule has 0 saturated carbocycles. The molecule has 0 radical (unpaired) electrons. The third kappa shape index (κ3) is 5.05. The van der Waals surface area contributed by atoms with Gasteiger partial charge in [-0.3, -0.25) is 24.2 Å². The van der Waals surface area contributed by atoms with Crippen molar-refractivity contribution in [2.75, 3.05) is 11.0 Å². The molecule has 3 aromatic rings. The van der Waals surface area contributed by atoms with Crippen LogP contribution in [0.3, 0.4) is 0 Å². The molecule has 0 atom stereocenters. The number of amides is 2. The number of imide groups is 1. The van der Waals surface area contributed by atoms with Gasteiger partial charge in [-0.1, -0.05) is 53.7 Å². The Hall–Kier alpha value is -3.31. The summed E-state index contributed by atoms with van der Waals surface area (Å²) in [5.41, 5.74) is 1.25. The van der Waals surface area contributed by atoms with E-state index in [9.17, 15) is 22.4 Å². The first kappa shape index (κ1) is 28.7. The van der Waals surface area contributed by atoms with Crippen molar-refractivity contribution < 1.29 is 26.8 Å². The van der Waals surface area contributed by atoms with Gasteiger partial charge < -0.3 is 4.43 Å². The summed E-state index contributed by atoms with van der Waals surface area (Å²) in [5.74, 6) is -1.50. The van der Waals surface area contributed by atoms with E-state index in [1.165, 1.54) is 24.3 Å². The van der Waals surface area contributed by atoms with Crippen LogP contribution < -0.4 is 9.15 Å². The minimum atomic E-state index is -3.83. The monoisotopic (exact) mass is 571 g/mol. The van der Waals surface area contributed by atoms with Crippen LogP contribution in [0.1, 0.15) is 67.8 Å². The van der Waals surface area contributed by atoms with Gasteiger partial charge in [0.05, 0.1) is 29.6 Å². The number of carbonyl (C=O) groups is 2. The quantitative estimate of drug-likeness (QED) is 0.246. The van der Waals surface area contributed by atoms with E-state index in [1.54, 1.807) is 18.3 Å². The van der Waals surface area contributed by atoms with Crippen LogP contribution in [0.15, 0.2) is 42.6 Å². The number of pyridine rings is 1. The lowest BCUT2D eigenvalue weighted by molar-refractivity contribution is 0.0642. The molecule has 0 bridgehead atoms. The second-order valence-corrected chi connectivity index (χ2v) is 18.1. The number of benzene rings is 2. The van der Waals surface area contributed by atoms with Crippen LogP contribution in [-0.4, -0.2) is 44.7 Å². The van der Waals surface area contributed by atoms with E-state index >= 15 is 0 Å². The molecule has 0 saturated heterocycles. The lowest BCUT2D eigenvalue weighted by Crippen LogP contribution is -2.51. The first-order valence-corrected chi connectivity index (χ1v) is 16.9. The molecule has 0 aliphatic carbocycles. The second kappa shape index (κ2) is 10.3. The Labute approximate surface area is 229 Å². The summed E-state index contributed by atoms with van der Waals surface area (Å²) in [4.78, 5) is 33.5. The van der Waals surface area contributed by atoms with Crippen molar-refractivity contribution in [3.63, 3.8) is 0 Å². The van der Waals surface area contributed by atoms with E-state index in [4.69, 9.17) is 4.43 Å². The maximum Gasteiger partial charge on any atom is 0.265 e. The Morgan fingerprint density at radius 2 is 1.51 bits per heavy atom. The van der Waals surface area contributed by atoms with Gasteiger partial charge in [0.1, 0.15) is 17.1 Å². The molecule has 0 spiro atoms. The third-order valence-corrected chi connectivity index (χ3v) is 14.0. The maximum atomic E-state index is 14.0. The summed E-state index contributed by atoms with van der Waals surface area (Å²) < 4.78 is 47.8. The fourth-order valence-electron chi connectivity index (χ4n) is 5.90. The van der Waals surface area contributed by atoms with Crippen molar-refractivity contribution in [1.29, 1.82) is 0 Å². The van der Waals surface area contributed by atoms with Crippen LogP contribution in [0.25, 0.3) is 10.9 Å². The van der Waals surface area contributed by atoms with E-state index < -0.39 is 36.0 Å². The number of anilines is 1. The molecule has 0 fully saturated rings. The number of fused-ring (bicyclic) bond motifs is 2. The van der Waals surface area contributed by atoms with Crippen LogP contribution in [0.4, 0.5) is 10.1 Å². The number of carbonyl (C=O) groups excluding carboxylic acids is 2. The molecular formula is C28H34FN3O5SSi. The van der Waals surface area contributed by atoms with Crippen LogP contribution in [0.2, 0.25) is 16.6 Å². The van der Waals surface area contributed by atoms with Crippen molar-refractivity contribution in [3.05, 3.63) is 65.1 Å². The van der Waals surface area contributed by atoms with Gasteiger partial charge >= 0.3 is 0 Å². The minimum Gasteiger partial charge on any atom is -0.541 e. The zero-order chi connectivity index (χ0) is 28.9. The van der Waals surface area contributed by atoms with E-state index in [2.05, 4.69) is 51.2 Å². The van der Waals surface area contributed by atoms with E-state index in [-0.39, 0.29) is 45.7 Å².